The lowest BCUT2D eigenvalue weighted by Gasteiger charge is -2.27. The predicted octanol–water partition coefficient (Wildman–Crippen LogP) is 5.60. The van der Waals surface area contributed by atoms with E-state index in [1.165, 1.54) is 0 Å². The Balaban J connectivity index is 1.81. The van der Waals surface area contributed by atoms with E-state index in [0.29, 0.717) is 5.57 Å². The average Bonchev–Trinajstić information content (AvgIpc) is 2.67. The highest BCUT2D eigenvalue weighted by atomic mass is 16.5. The lowest BCUT2D eigenvalue weighted by molar-refractivity contribution is 0.457. The van der Waals surface area contributed by atoms with Crippen LogP contribution in [0.1, 0.15) is 31.0 Å². The molecule has 0 aliphatic carbocycles. The highest BCUT2D eigenvalue weighted by molar-refractivity contribution is 5.83. The lowest BCUT2D eigenvalue weighted by Crippen LogP contribution is -2.21. The molecule has 0 atom stereocenters. The molecule has 0 fully saturated rings. The molecule has 0 bridgehead atoms. The van der Waals surface area contributed by atoms with Gasteiger partial charge in [-0.05, 0) is 43.2 Å². The standard InChI is InChI=1S/C23H23N3O/c1-4-5-13-26-14-11-22(23(16-24)18(26)3)19-6-8-20(9-7-19)27-21-10-12-25-17(2)15-21/h6-12,14-15H,3-5,13H2,1-2H3. The number of allylic oxidation sites excluding steroid dienone is 3. The third kappa shape index (κ3) is 4.27. The topological polar surface area (TPSA) is 49.1 Å². The summed E-state index contributed by atoms with van der Waals surface area (Å²) in [5.74, 6) is 1.50. The molecule has 4 heteroatoms. The van der Waals surface area contributed by atoms with Gasteiger partial charge in [0.25, 0.3) is 0 Å². The van der Waals surface area contributed by atoms with Gasteiger partial charge in [0.15, 0.2) is 0 Å². The lowest BCUT2D eigenvalue weighted by atomic mass is 9.95. The molecule has 3 rings (SSSR count). The zero-order valence-electron chi connectivity index (χ0n) is 15.8. The van der Waals surface area contributed by atoms with Gasteiger partial charge >= 0.3 is 0 Å². The van der Waals surface area contributed by atoms with Gasteiger partial charge in [-0.3, -0.25) is 4.98 Å². The maximum atomic E-state index is 9.65. The van der Waals surface area contributed by atoms with Crippen LogP contribution in [0.3, 0.4) is 0 Å². The smallest absolute Gasteiger partial charge is 0.130 e. The summed E-state index contributed by atoms with van der Waals surface area (Å²) < 4.78 is 5.87. The summed E-state index contributed by atoms with van der Waals surface area (Å²) in [7, 11) is 0. The molecule has 0 amide bonds. The van der Waals surface area contributed by atoms with E-state index >= 15 is 0 Å². The Morgan fingerprint density at radius 1 is 1.19 bits per heavy atom. The molecule has 2 aromatic rings. The maximum Gasteiger partial charge on any atom is 0.130 e. The molecular formula is C23H23N3O. The Hall–Kier alpha value is -3.32. The SMILES string of the molecule is C=C1C(C#N)=C(c2ccc(Oc3ccnc(C)c3)cc2)C=CN1CCCC. The largest absolute Gasteiger partial charge is 0.457 e. The molecule has 0 N–H and O–H groups in total. The third-order valence-corrected chi connectivity index (χ3v) is 4.46. The molecule has 136 valence electrons. The highest BCUT2D eigenvalue weighted by Gasteiger charge is 2.19. The molecule has 0 unspecified atom stereocenters. The van der Waals surface area contributed by atoms with E-state index in [0.717, 1.165) is 53.4 Å². The van der Waals surface area contributed by atoms with Gasteiger partial charge < -0.3 is 9.64 Å². The second-order valence-electron chi connectivity index (χ2n) is 6.47. The van der Waals surface area contributed by atoms with Crippen molar-refractivity contribution in [2.75, 3.05) is 6.54 Å². The first-order valence-corrected chi connectivity index (χ1v) is 9.12. The number of pyridine rings is 1. The normalized spacial score (nSPS) is 13.7. The number of hydrogen-bond acceptors (Lipinski definition) is 4. The van der Waals surface area contributed by atoms with Gasteiger partial charge in [-0.15, -0.1) is 0 Å². The molecule has 0 saturated carbocycles. The van der Waals surface area contributed by atoms with Gasteiger partial charge in [-0.1, -0.05) is 32.1 Å². The number of aryl methyl sites for hydroxylation is 1. The van der Waals surface area contributed by atoms with Crippen molar-refractivity contribution in [3.8, 4) is 17.6 Å². The van der Waals surface area contributed by atoms with Crippen molar-refractivity contribution in [2.24, 2.45) is 0 Å². The van der Waals surface area contributed by atoms with E-state index in [1.54, 1.807) is 6.20 Å². The van der Waals surface area contributed by atoms with Crippen molar-refractivity contribution in [3.05, 3.63) is 84.0 Å². The summed E-state index contributed by atoms with van der Waals surface area (Å²) in [5, 5.41) is 9.65. The van der Waals surface area contributed by atoms with Crippen LogP contribution in [0.4, 0.5) is 0 Å². The van der Waals surface area contributed by atoms with E-state index in [4.69, 9.17) is 4.74 Å². The Labute approximate surface area is 160 Å². The summed E-state index contributed by atoms with van der Waals surface area (Å²) in [6.07, 6.45) is 7.90. The predicted molar refractivity (Wildman–Crippen MR) is 108 cm³/mol. The molecule has 1 aromatic carbocycles. The van der Waals surface area contributed by atoms with Crippen LogP contribution in [0.15, 0.2) is 72.7 Å². The van der Waals surface area contributed by atoms with Crippen molar-refractivity contribution in [1.29, 1.82) is 5.26 Å². The number of hydrogen-bond donors (Lipinski definition) is 0. The fraction of sp³-hybridized carbons (Fsp3) is 0.217. The zero-order valence-corrected chi connectivity index (χ0v) is 15.8. The number of nitrogens with zero attached hydrogens (tertiary/aromatic N) is 3. The summed E-state index contributed by atoms with van der Waals surface area (Å²) in [4.78, 5) is 6.22. The van der Waals surface area contributed by atoms with Crippen molar-refractivity contribution < 1.29 is 4.74 Å². The van der Waals surface area contributed by atoms with Crippen LogP contribution in [0, 0.1) is 18.3 Å². The van der Waals surface area contributed by atoms with Crippen molar-refractivity contribution in [2.45, 2.75) is 26.7 Å². The number of benzene rings is 1. The number of ether oxygens (including phenoxy) is 1. The summed E-state index contributed by atoms with van der Waals surface area (Å²) in [6, 6.07) is 13.8. The molecule has 4 nitrogen and oxygen atoms in total. The number of nitriles is 1. The van der Waals surface area contributed by atoms with Gasteiger partial charge in [0.2, 0.25) is 0 Å². The summed E-state index contributed by atoms with van der Waals surface area (Å²) in [6.45, 7) is 9.08. The van der Waals surface area contributed by atoms with E-state index in [1.807, 2.05) is 55.6 Å². The van der Waals surface area contributed by atoms with Crippen LogP contribution >= 0.6 is 0 Å². The highest BCUT2D eigenvalue weighted by Crippen LogP contribution is 2.32. The molecule has 0 saturated heterocycles. The average molecular weight is 357 g/mol. The van der Waals surface area contributed by atoms with E-state index in [9.17, 15) is 5.26 Å². The Morgan fingerprint density at radius 2 is 1.96 bits per heavy atom. The zero-order chi connectivity index (χ0) is 19.2. The van der Waals surface area contributed by atoms with Crippen molar-refractivity contribution in [3.63, 3.8) is 0 Å². The van der Waals surface area contributed by atoms with Gasteiger partial charge in [0.05, 0.1) is 11.3 Å². The number of aromatic nitrogens is 1. The fourth-order valence-corrected chi connectivity index (χ4v) is 2.96. The summed E-state index contributed by atoms with van der Waals surface area (Å²) >= 11 is 0. The first-order valence-electron chi connectivity index (χ1n) is 9.12. The first kappa shape index (κ1) is 18.5. The van der Waals surface area contributed by atoms with E-state index in [-0.39, 0.29) is 0 Å². The molecule has 1 aromatic heterocycles. The Bertz CT molecular complexity index is 933. The van der Waals surface area contributed by atoms with Gasteiger partial charge in [0.1, 0.15) is 17.6 Å². The molecule has 1 aliphatic rings. The minimum atomic E-state index is 0.618. The molecule has 0 radical (unpaired) electrons. The van der Waals surface area contributed by atoms with Crippen LogP contribution < -0.4 is 4.74 Å². The molecule has 0 spiro atoms. The van der Waals surface area contributed by atoms with E-state index in [2.05, 4.69) is 29.5 Å². The molecule has 2 heterocycles. The first-order chi connectivity index (χ1) is 13.1. The van der Waals surface area contributed by atoms with Crippen LogP contribution in [-0.2, 0) is 0 Å². The van der Waals surface area contributed by atoms with Gasteiger partial charge in [0, 0.05) is 36.3 Å². The fourth-order valence-electron chi connectivity index (χ4n) is 2.96. The second kappa shape index (κ2) is 8.37. The minimum absolute atomic E-state index is 0.618. The second-order valence-corrected chi connectivity index (χ2v) is 6.47. The monoisotopic (exact) mass is 357 g/mol. The van der Waals surface area contributed by atoms with Crippen molar-refractivity contribution >= 4 is 5.57 Å². The quantitative estimate of drug-likeness (QED) is 0.675. The number of unbranched alkanes of at least 4 members (excludes halogenated alkanes) is 1. The minimum Gasteiger partial charge on any atom is -0.457 e. The summed E-state index contributed by atoms with van der Waals surface area (Å²) in [5.41, 5.74) is 4.15. The molecular weight excluding hydrogens is 334 g/mol. The van der Waals surface area contributed by atoms with E-state index < -0.39 is 0 Å². The van der Waals surface area contributed by atoms with Crippen LogP contribution in [0.5, 0.6) is 11.5 Å². The van der Waals surface area contributed by atoms with Crippen LogP contribution in [0.2, 0.25) is 0 Å². The molecule has 27 heavy (non-hydrogen) atoms. The number of rotatable bonds is 6. The van der Waals surface area contributed by atoms with Gasteiger partial charge in [-0.2, -0.15) is 5.26 Å². The van der Waals surface area contributed by atoms with Crippen LogP contribution in [-0.4, -0.2) is 16.4 Å². The van der Waals surface area contributed by atoms with Crippen molar-refractivity contribution in [1.82, 2.24) is 9.88 Å². The maximum absolute atomic E-state index is 9.65. The van der Waals surface area contributed by atoms with Gasteiger partial charge in [-0.25, -0.2) is 0 Å². The Morgan fingerprint density at radius 3 is 2.63 bits per heavy atom. The molecule has 1 aliphatic heterocycles. The third-order valence-electron chi connectivity index (χ3n) is 4.46. The Kier molecular flexibility index (Phi) is 5.73. The van der Waals surface area contributed by atoms with Crippen LogP contribution in [0.25, 0.3) is 5.57 Å².